The third-order valence-electron chi connectivity index (χ3n) is 3.44. The Bertz CT molecular complexity index is 723. The lowest BCUT2D eigenvalue weighted by molar-refractivity contribution is -0.121. The first-order valence-electron chi connectivity index (χ1n) is 8.23. The van der Waals surface area contributed by atoms with Crippen molar-refractivity contribution in [2.75, 3.05) is 17.6 Å². The van der Waals surface area contributed by atoms with Crippen LogP contribution in [0.25, 0.3) is 0 Å². The van der Waals surface area contributed by atoms with Gasteiger partial charge in [0.1, 0.15) is 5.82 Å². The number of halogens is 2. The lowest BCUT2D eigenvalue weighted by Gasteiger charge is -2.07. The van der Waals surface area contributed by atoms with Gasteiger partial charge in [0.25, 0.3) is 0 Å². The molecule has 2 aromatic carbocycles. The summed E-state index contributed by atoms with van der Waals surface area (Å²) in [6, 6.07) is 13.1. The van der Waals surface area contributed by atoms with Crippen molar-refractivity contribution in [3.8, 4) is 0 Å². The molecule has 138 valence electrons. The number of thioether (sulfide) groups is 1. The highest BCUT2D eigenvalue weighted by atomic mass is 35.5. The van der Waals surface area contributed by atoms with E-state index in [1.54, 1.807) is 36.4 Å². The third kappa shape index (κ3) is 7.89. The lowest BCUT2D eigenvalue weighted by atomic mass is 10.2. The van der Waals surface area contributed by atoms with E-state index in [2.05, 4.69) is 10.6 Å². The second kappa shape index (κ2) is 10.8. The van der Waals surface area contributed by atoms with E-state index < -0.39 is 0 Å². The standard InChI is InChI=1S/C19H20ClFN2O2S/c20-14-3-7-16(8-4-14)23-19(25)2-1-12-22-18(24)11-13-26-17-9-5-15(21)6-10-17/h3-10H,1-2,11-13H2,(H,22,24)(H,23,25). The van der Waals surface area contributed by atoms with Gasteiger partial charge < -0.3 is 10.6 Å². The van der Waals surface area contributed by atoms with E-state index >= 15 is 0 Å². The van der Waals surface area contributed by atoms with Crippen molar-refractivity contribution in [2.45, 2.75) is 24.2 Å². The number of rotatable bonds is 9. The Morgan fingerprint density at radius 1 is 0.962 bits per heavy atom. The Balaban J connectivity index is 1.54. The molecule has 0 spiro atoms. The van der Waals surface area contributed by atoms with E-state index in [0.29, 0.717) is 42.3 Å². The van der Waals surface area contributed by atoms with Gasteiger partial charge in [-0.2, -0.15) is 0 Å². The minimum Gasteiger partial charge on any atom is -0.356 e. The molecule has 0 saturated carbocycles. The van der Waals surface area contributed by atoms with Crippen molar-refractivity contribution >= 4 is 40.9 Å². The smallest absolute Gasteiger partial charge is 0.224 e. The topological polar surface area (TPSA) is 58.2 Å². The molecule has 0 radical (unpaired) electrons. The number of benzene rings is 2. The van der Waals surface area contributed by atoms with Crippen LogP contribution in [0.1, 0.15) is 19.3 Å². The summed E-state index contributed by atoms with van der Waals surface area (Å²) in [6.45, 7) is 0.452. The second-order valence-electron chi connectivity index (χ2n) is 5.56. The van der Waals surface area contributed by atoms with Gasteiger partial charge >= 0.3 is 0 Å². The van der Waals surface area contributed by atoms with E-state index in [0.717, 1.165) is 4.90 Å². The SMILES string of the molecule is O=C(CCSc1ccc(F)cc1)NCCCC(=O)Nc1ccc(Cl)cc1. The van der Waals surface area contributed by atoms with Crippen LogP contribution in [0.15, 0.2) is 53.4 Å². The summed E-state index contributed by atoms with van der Waals surface area (Å²) in [5, 5.41) is 6.18. The Labute approximate surface area is 161 Å². The van der Waals surface area contributed by atoms with Crippen LogP contribution in [0.2, 0.25) is 5.02 Å². The predicted molar refractivity (Wildman–Crippen MR) is 104 cm³/mol. The number of carbonyl (C=O) groups is 2. The lowest BCUT2D eigenvalue weighted by Crippen LogP contribution is -2.25. The maximum absolute atomic E-state index is 12.8. The summed E-state index contributed by atoms with van der Waals surface area (Å²) in [6.07, 6.45) is 1.27. The van der Waals surface area contributed by atoms with Gasteiger partial charge in [-0.3, -0.25) is 9.59 Å². The molecule has 2 aromatic rings. The first-order valence-corrected chi connectivity index (χ1v) is 9.60. The van der Waals surface area contributed by atoms with Gasteiger partial charge in [-0.05, 0) is 55.0 Å². The molecule has 0 heterocycles. The number of amides is 2. The van der Waals surface area contributed by atoms with Crippen LogP contribution in [0.5, 0.6) is 0 Å². The summed E-state index contributed by atoms with van der Waals surface area (Å²) < 4.78 is 12.8. The number of hydrogen-bond donors (Lipinski definition) is 2. The van der Waals surface area contributed by atoms with Crippen LogP contribution in [-0.2, 0) is 9.59 Å². The summed E-state index contributed by atoms with van der Waals surface area (Å²) >= 11 is 7.29. The molecule has 0 aliphatic carbocycles. The summed E-state index contributed by atoms with van der Waals surface area (Å²) in [7, 11) is 0. The van der Waals surface area contributed by atoms with Crippen LogP contribution < -0.4 is 10.6 Å². The minimum absolute atomic E-state index is 0.0577. The van der Waals surface area contributed by atoms with Crippen LogP contribution in [-0.4, -0.2) is 24.1 Å². The van der Waals surface area contributed by atoms with E-state index in [-0.39, 0.29) is 17.6 Å². The zero-order valence-electron chi connectivity index (χ0n) is 14.1. The summed E-state index contributed by atoms with van der Waals surface area (Å²) in [4.78, 5) is 24.5. The van der Waals surface area contributed by atoms with Crippen LogP contribution >= 0.6 is 23.4 Å². The minimum atomic E-state index is -0.271. The van der Waals surface area contributed by atoms with Crippen molar-refractivity contribution in [1.82, 2.24) is 5.32 Å². The van der Waals surface area contributed by atoms with Crippen LogP contribution in [0.3, 0.4) is 0 Å². The van der Waals surface area contributed by atoms with Gasteiger partial charge in [0.2, 0.25) is 11.8 Å². The monoisotopic (exact) mass is 394 g/mol. The average Bonchev–Trinajstić information content (AvgIpc) is 2.62. The molecule has 0 bridgehead atoms. The van der Waals surface area contributed by atoms with Crippen LogP contribution in [0.4, 0.5) is 10.1 Å². The summed E-state index contributed by atoms with van der Waals surface area (Å²) in [5.41, 5.74) is 0.696. The highest BCUT2D eigenvalue weighted by Gasteiger charge is 2.05. The molecule has 7 heteroatoms. The van der Waals surface area contributed by atoms with E-state index in [9.17, 15) is 14.0 Å². The quantitative estimate of drug-likeness (QED) is 0.486. The maximum atomic E-state index is 12.8. The zero-order chi connectivity index (χ0) is 18.8. The Hall–Kier alpha value is -2.05. The molecular weight excluding hydrogens is 375 g/mol. The van der Waals surface area contributed by atoms with Gasteiger partial charge in [-0.15, -0.1) is 11.8 Å². The molecule has 0 unspecified atom stereocenters. The first kappa shape index (κ1) is 20.3. The van der Waals surface area contributed by atoms with Crippen LogP contribution in [0, 0.1) is 5.82 Å². The van der Waals surface area contributed by atoms with E-state index in [1.807, 2.05) is 0 Å². The van der Waals surface area contributed by atoms with Crippen molar-refractivity contribution in [2.24, 2.45) is 0 Å². The largest absolute Gasteiger partial charge is 0.356 e. The Kier molecular flexibility index (Phi) is 8.44. The van der Waals surface area contributed by atoms with E-state index in [1.165, 1.54) is 23.9 Å². The number of anilines is 1. The molecule has 0 aliphatic heterocycles. The average molecular weight is 395 g/mol. The fourth-order valence-corrected chi connectivity index (χ4v) is 3.09. The molecule has 4 nitrogen and oxygen atoms in total. The number of nitrogens with one attached hydrogen (secondary N) is 2. The van der Waals surface area contributed by atoms with Crippen molar-refractivity contribution < 1.29 is 14.0 Å². The number of carbonyl (C=O) groups excluding carboxylic acids is 2. The predicted octanol–water partition coefficient (Wildman–Crippen LogP) is 4.50. The molecule has 0 aromatic heterocycles. The van der Waals surface area contributed by atoms with Gasteiger partial charge in [-0.1, -0.05) is 11.6 Å². The van der Waals surface area contributed by atoms with Gasteiger partial charge in [0, 0.05) is 40.7 Å². The highest BCUT2D eigenvalue weighted by Crippen LogP contribution is 2.18. The Morgan fingerprint density at radius 2 is 1.65 bits per heavy atom. The molecule has 0 aliphatic rings. The Morgan fingerprint density at radius 3 is 2.35 bits per heavy atom. The molecule has 26 heavy (non-hydrogen) atoms. The van der Waals surface area contributed by atoms with Crippen molar-refractivity contribution in [3.05, 3.63) is 59.4 Å². The molecule has 2 rings (SSSR count). The van der Waals surface area contributed by atoms with Crippen molar-refractivity contribution in [3.63, 3.8) is 0 Å². The van der Waals surface area contributed by atoms with Crippen molar-refractivity contribution in [1.29, 1.82) is 0 Å². The van der Waals surface area contributed by atoms with Gasteiger partial charge in [-0.25, -0.2) is 4.39 Å². The zero-order valence-corrected chi connectivity index (χ0v) is 15.7. The first-order chi connectivity index (χ1) is 12.5. The fourth-order valence-electron chi connectivity index (χ4n) is 2.11. The molecule has 0 atom stereocenters. The third-order valence-corrected chi connectivity index (χ3v) is 4.71. The van der Waals surface area contributed by atoms with Gasteiger partial charge in [0.05, 0.1) is 0 Å². The number of hydrogen-bond acceptors (Lipinski definition) is 3. The molecular formula is C19H20ClFN2O2S. The fraction of sp³-hybridized carbons (Fsp3) is 0.263. The molecule has 2 amide bonds. The van der Waals surface area contributed by atoms with Gasteiger partial charge in [0.15, 0.2) is 0 Å². The molecule has 0 fully saturated rings. The second-order valence-corrected chi connectivity index (χ2v) is 7.17. The molecule has 0 saturated heterocycles. The van der Waals surface area contributed by atoms with E-state index in [4.69, 9.17) is 11.6 Å². The molecule has 2 N–H and O–H groups in total. The highest BCUT2D eigenvalue weighted by molar-refractivity contribution is 7.99. The normalized spacial score (nSPS) is 10.4. The summed E-state index contributed by atoms with van der Waals surface area (Å²) in [5.74, 6) is 0.187. The maximum Gasteiger partial charge on any atom is 0.224 e.